The molecule has 0 saturated heterocycles. The van der Waals surface area contributed by atoms with E-state index in [1.54, 1.807) is 0 Å². The third-order valence-corrected chi connectivity index (χ3v) is 3.97. The molecule has 1 N–H and O–H groups in total. The van der Waals surface area contributed by atoms with Crippen LogP contribution in [0.25, 0.3) is 0 Å². The number of fused-ring (bicyclic) bond motifs is 5. The Bertz CT molecular complexity index is 209. The standard InChI is InChI=1S/C10H14O/c11-9-4-3-8-6-1-2-7(5-6)10(8)9/h3-4,6-11H,1-2,5H2/t6-,7+,8-,9-,10+/m1/s1. The molecule has 11 heavy (non-hydrogen) atoms. The van der Waals surface area contributed by atoms with Gasteiger partial charge in [-0.05, 0) is 42.9 Å². The van der Waals surface area contributed by atoms with E-state index in [1.807, 2.05) is 6.08 Å². The molecule has 3 aliphatic carbocycles. The van der Waals surface area contributed by atoms with Crippen molar-refractivity contribution >= 4 is 0 Å². The maximum Gasteiger partial charge on any atom is 0.0757 e. The van der Waals surface area contributed by atoms with Gasteiger partial charge in [-0.1, -0.05) is 12.2 Å². The van der Waals surface area contributed by atoms with Gasteiger partial charge in [0.05, 0.1) is 6.10 Å². The maximum atomic E-state index is 9.63. The molecular formula is C10H14O. The average molecular weight is 150 g/mol. The molecule has 0 unspecified atom stereocenters. The second-order valence-electron chi connectivity index (χ2n) is 4.36. The first kappa shape index (κ1) is 6.24. The summed E-state index contributed by atoms with van der Waals surface area (Å²) in [5, 5.41) is 9.63. The van der Waals surface area contributed by atoms with Crippen LogP contribution < -0.4 is 0 Å². The first-order chi connectivity index (χ1) is 5.36. The second-order valence-corrected chi connectivity index (χ2v) is 4.36. The van der Waals surface area contributed by atoms with Crippen molar-refractivity contribution in [1.82, 2.24) is 0 Å². The van der Waals surface area contributed by atoms with E-state index in [0.717, 1.165) is 17.8 Å². The van der Waals surface area contributed by atoms with Crippen LogP contribution in [0.15, 0.2) is 12.2 Å². The lowest BCUT2D eigenvalue weighted by molar-refractivity contribution is 0.105. The molecule has 2 bridgehead atoms. The van der Waals surface area contributed by atoms with Gasteiger partial charge in [-0.25, -0.2) is 0 Å². The summed E-state index contributed by atoms with van der Waals surface area (Å²) in [6, 6.07) is 0. The fraction of sp³-hybridized carbons (Fsp3) is 0.800. The van der Waals surface area contributed by atoms with Crippen LogP contribution in [0.4, 0.5) is 0 Å². The molecule has 3 aliphatic rings. The van der Waals surface area contributed by atoms with Crippen molar-refractivity contribution in [3.05, 3.63) is 12.2 Å². The van der Waals surface area contributed by atoms with E-state index in [9.17, 15) is 5.11 Å². The highest BCUT2D eigenvalue weighted by atomic mass is 16.3. The molecule has 0 aromatic heterocycles. The van der Waals surface area contributed by atoms with E-state index in [0.29, 0.717) is 5.92 Å². The first-order valence-corrected chi connectivity index (χ1v) is 4.72. The number of rotatable bonds is 0. The van der Waals surface area contributed by atoms with Gasteiger partial charge in [0.25, 0.3) is 0 Å². The summed E-state index contributed by atoms with van der Waals surface area (Å²) in [6.45, 7) is 0. The number of aliphatic hydroxyl groups excluding tert-OH is 1. The fourth-order valence-corrected chi connectivity index (χ4v) is 3.54. The van der Waals surface area contributed by atoms with Crippen molar-refractivity contribution in [2.45, 2.75) is 25.4 Å². The molecule has 0 heterocycles. The van der Waals surface area contributed by atoms with Gasteiger partial charge < -0.3 is 5.11 Å². The Labute approximate surface area is 67.1 Å². The first-order valence-electron chi connectivity index (χ1n) is 4.72. The Hall–Kier alpha value is -0.300. The summed E-state index contributed by atoms with van der Waals surface area (Å²) in [6.07, 6.45) is 8.37. The topological polar surface area (TPSA) is 20.2 Å². The van der Waals surface area contributed by atoms with Crippen LogP contribution in [-0.4, -0.2) is 11.2 Å². The minimum absolute atomic E-state index is 0.102. The van der Waals surface area contributed by atoms with Gasteiger partial charge in [0.1, 0.15) is 0 Å². The molecule has 0 aliphatic heterocycles. The van der Waals surface area contributed by atoms with Gasteiger partial charge in [0, 0.05) is 0 Å². The van der Waals surface area contributed by atoms with Crippen LogP contribution in [0, 0.1) is 23.7 Å². The van der Waals surface area contributed by atoms with Crippen molar-refractivity contribution in [3.63, 3.8) is 0 Å². The lowest BCUT2D eigenvalue weighted by Crippen LogP contribution is -2.25. The highest BCUT2D eigenvalue weighted by Gasteiger charge is 2.50. The van der Waals surface area contributed by atoms with Gasteiger partial charge in [-0.3, -0.25) is 0 Å². The van der Waals surface area contributed by atoms with E-state index < -0.39 is 0 Å². The molecule has 60 valence electrons. The number of aliphatic hydroxyl groups is 1. The van der Waals surface area contributed by atoms with Gasteiger partial charge in [-0.15, -0.1) is 0 Å². The Kier molecular flexibility index (Phi) is 1.07. The van der Waals surface area contributed by atoms with E-state index in [-0.39, 0.29) is 6.10 Å². The smallest absolute Gasteiger partial charge is 0.0757 e. The summed E-state index contributed by atoms with van der Waals surface area (Å²) >= 11 is 0. The number of hydrogen-bond acceptors (Lipinski definition) is 1. The van der Waals surface area contributed by atoms with E-state index >= 15 is 0 Å². The molecular weight excluding hydrogens is 136 g/mol. The third-order valence-electron chi connectivity index (χ3n) is 3.97. The van der Waals surface area contributed by atoms with Crippen LogP contribution in [0.5, 0.6) is 0 Å². The zero-order valence-corrected chi connectivity index (χ0v) is 6.61. The van der Waals surface area contributed by atoms with Crippen LogP contribution >= 0.6 is 0 Å². The average Bonchev–Trinajstić information content (AvgIpc) is 2.60. The molecule has 0 amide bonds. The van der Waals surface area contributed by atoms with Crippen LogP contribution in [0.3, 0.4) is 0 Å². The van der Waals surface area contributed by atoms with Crippen molar-refractivity contribution in [1.29, 1.82) is 0 Å². The molecule has 2 saturated carbocycles. The van der Waals surface area contributed by atoms with E-state index in [4.69, 9.17) is 0 Å². The predicted molar refractivity (Wildman–Crippen MR) is 43.0 cm³/mol. The van der Waals surface area contributed by atoms with Gasteiger partial charge in [-0.2, -0.15) is 0 Å². The minimum Gasteiger partial charge on any atom is -0.389 e. The molecule has 2 fully saturated rings. The Morgan fingerprint density at radius 3 is 2.73 bits per heavy atom. The Morgan fingerprint density at radius 2 is 1.91 bits per heavy atom. The molecule has 5 atom stereocenters. The highest BCUT2D eigenvalue weighted by Crippen LogP contribution is 2.56. The molecule has 0 aromatic rings. The largest absolute Gasteiger partial charge is 0.389 e. The highest BCUT2D eigenvalue weighted by molar-refractivity contribution is 5.16. The number of hydrogen-bond donors (Lipinski definition) is 1. The molecule has 0 spiro atoms. The lowest BCUT2D eigenvalue weighted by atomic mass is 9.80. The van der Waals surface area contributed by atoms with Crippen LogP contribution in [0.1, 0.15) is 19.3 Å². The fourth-order valence-electron chi connectivity index (χ4n) is 3.54. The molecule has 1 nitrogen and oxygen atoms in total. The molecule has 0 aromatic carbocycles. The Morgan fingerprint density at radius 1 is 1.09 bits per heavy atom. The monoisotopic (exact) mass is 150 g/mol. The summed E-state index contributed by atoms with van der Waals surface area (Å²) < 4.78 is 0. The quantitative estimate of drug-likeness (QED) is 0.520. The summed E-state index contributed by atoms with van der Waals surface area (Å²) in [7, 11) is 0. The van der Waals surface area contributed by atoms with Gasteiger partial charge in [0.2, 0.25) is 0 Å². The normalized spacial score (nSPS) is 58.8. The maximum absolute atomic E-state index is 9.63. The number of allylic oxidation sites excluding steroid dienone is 1. The van der Waals surface area contributed by atoms with E-state index in [1.165, 1.54) is 19.3 Å². The van der Waals surface area contributed by atoms with Gasteiger partial charge >= 0.3 is 0 Å². The third kappa shape index (κ3) is 0.652. The molecule has 1 heteroatoms. The molecule has 0 radical (unpaired) electrons. The zero-order valence-electron chi connectivity index (χ0n) is 6.61. The summed E-state index contributed by atoms with van der Waals surface area (Å²) in [5.74, 6) is 3.16. The van der Waals surface area contributed by atoms with Crippen molar-refractivity contribution in [3.8, 4) is 0 Å². The van der Waals surface area contributed by atoms with Crippen molar-refractivity contribution in [2.75, 3.05) is 0 Å². The predicted octanol–water partition coefficient (Wildman–Crippen LogP) is 1.58. The lowest BCUT2D eigenvalue weighted by Gasteiger charge is -2.26. The Balaban J connectivity index is 1.96. The van der Waals surface area contributed by atoms with Crippen molar-refractivity contribution in [2.24, 2.45) is 23.7 Å². The molecule has 3 rings (SSSR count). The van der Waals surface area contributed by atoms with Crippen molar-refractivity contribution < 1.29 is 5.11 Å². The SMILES string of the molecule is O[C@@H]1C=C[C@@H]2[C@@H]3CC[C@@H](C3)[C@@H]21. The van der Waals surface area contributed by atoms with Gasteiger partial charge in [0.15, 0.2) is 0 Å². The second kappa shape index (κ2) is 1.89. The summed E-state index contributed by atoms with van der Waals surface area (Å²) in [4.78, 5) is 0. The minimum atomic E-state index is -0.102. The summed E-state index contributed by atoms with van der Waals surface area (Å²) in [5.41, 5.74) is 0. The zero-order chi connectivity index (χ0) is 7.42. The van der Waals surface area contributed by atoms with Crippen LogP contribution in [-0.2, 0) is 0 Å². The van der Waals surface area contributed by atoms with Crippen LogP contribution in [0.2, 0.25) is 0 Å². The van der Waals surface area contributed by atoms with E-state index in [2.05, 4.69) is 6.08 Å².